The molecule has 0 atom stereocenters. The van der Waals surface area contributed by atoms with E-state index in [-0.39, 0.29) is 11.5 Å². The van der Waals surface area contributed by atoms with Gasteiger partial charge < -0.3 is 9.88 Å². The van der Waals surface area contributed by atoms with Gasteiger partial charge >= 0.3 is 0 Å². The Kier molecular flexibility index (Phi) is 4.77. The zero-order valence-corrected chi connectivity index (χ0v) is 14.9. The fourth-order valence-corrected chi connectivity index (χ4v) is 3.36. The van der Waals surface area contributed by atoms with Crippen LogP contribution < -0.4 is 5.56 Å². The van der Waals surface area contributed by atoms with Gasteiger partial charge in [0.1, 0.15) is 11.3 Å². The molecule has 24 heavy (non-hydrogen) atoms. The first kappa shape index (κ1) is 16.8. The summed E-state index contributed by atoms with van der Waals surface area (Å²) < 4.78 is 0. The standard InChI is InChI=1S/C16H21N5O2S/c1-10(2)20-4-6-21(7-5-20)16(23)12-8-17-14(19-15(12)22)13-9-24-11(3)18-13/h8-10H,4-7H2,1-3H3,(H,17,19,22). The molecule has 0 radical (unpaired) electrons. The summed E-state index contributed by atoms with van der Waals surface area (Å²) in [5, 5.41) is 2.73. The Bertz CT molecular complexity index is 790. The van der Waals surface area contributed by atoms with E-state index in [4.69, 9.17) is 0 Å². The number of hydrogen-bond donors (Lipinski definition) is 1. The lowest BCUT2D eigenvalue weighted by molar-refractivity contribution is 0.0593. The SMILES string of the molecule is Cc1nc(-c2ncc(C(=O)N3CCN(C(C)C)CC3)c(=O)[nH]2)cs1. The van der Waals surface area contributed by atoms with Crippen molar-refractivity contribution in [2.45, 2.75) is 26.8 Å². The van der Waals surface area contributed by atoms with Crippen LogP contribution in [0.2, 0.25) is 0 Å². The topological polar surface area (TPSA) is 82.2 Å². The molecule has 1 aliphatic rings. The molecule has 3 heterocycles. The first-order valence-electron chi connectivity index (χ1n) is 8.01. The first-order valence-corrected chi connectivity index (χ1v) is 8.89. The number of H-pyrrole nitrogens is 1. The van der Waals surface area contributed by atoms with E-state index in [2.05, 4.69) is 33.7 Å². The van der Waals surface area contributed by atoms with Crippen LogP contribution in [0.25, 0.3) is 11.5 Å². The monoisotopic (exact) mass is 347 g/mol. The van der Waals surface area contributed by atoms with Crippen molar-refractivity contribution in [3.05, 3.63) is 32.5 Å². The number of carbonyl (C=O) groups is 1. The minimum atomic E-state index is -0.415. The number of rotatable bonds is 3. The Balaban J connectivity index is 1.75. The third-order valence-electron chi connectivity index (χ3n) is 4.22. The van der Waals surface area contributed by atoms with Crippen molar-refractivity contribution in [2.24, 2.45) is 0 Å². The predicted octanol–water partition coefficient (Wildman–Crippen LogP) is 1.37. The van der Waals surface area contributed by atoms with Gasteiger partial charge in [-0.2, -0.15) is 0 Å². The van der Waals surface area contributed by atoms with Gasteiger partial charge in [0.2, 0.25) is 0 Å². The molecule has 2 aromatic rings. The number of thiazole rings is 1. The number of aromatic amines is 1. The van der Waals surface area contributed by atoms with Gasteiger partial charge in [0.05, 0.1) is 5.01 Å². The molecular weight excluding hydrogens is 326 g/mol. The summed E-state index contributed by atoms with van der Waals surface area (Å²) in [6.45, 7) is 9.08. The molecule has 0 unspecified atom stereocenters. The van der Waals surface area contributed by atoms with Crippen LogP contribution in [-0.4, -0.2) is 62.9 Å². The Hall–Kier alpha value is -2.06. The molecule has 2 aromatic heterocycles. The van der Waals surface area contributed by atoms with Gasteiger partial charge in [-0.15, -0.1) is 11.3 Å². The van der Waals surface area contributed by atoms with Gasteiger partial charge in [-0.25, -0.2) is 9.97 Å². The Morgan fingerprint density at radius 2 is 2.00 bits per heavy atom. The predicted molar refractivity (Wildman–Crippen MR) is 93.3 cm³/mol. The summed E-state index contributed by atoms with van der Waals surface area (Å²) in [6, 6.07) is 0.466. The molecule has 0 saturated carbocycles. The van der Waals surface area contributed by atoms with Crippen LogP contribution in [0.1, 0.15) is 29.2 Å². The third kappa shape index (κ3) is 3.39. The zero-order chi connectivity index (χ0) is 17.3. The molecule has 128 valence electrons. The van der Waals surface area contributed by atoms with E-state index in [9.17, 15) is 9.59 Å². The number of carbonyl (C=O) groups excluding carboxylic acids is 1. The van der Waals surface area contributed by atoms with Gasteiger partial charge in [-0.05, 0) is 20.8 Å². The number of nitrogens with one attached hydrogen (secondary N) is 1. The minimum absolute atomic E-state index is 0.0868. The Morgan fingerprint density at radius 3 is 2.54 bits per heavy atom. The van der Waals surface area contributed by atoms with Gasteiger partial charge in [0.15, 0.2) is 5.82 Å². The van der Waals surface area contributed by atoms with Gasteiger partial charge in [-0.3, -0.25) is 14.5 Å². The number of hydrogen-bond acceptors (Lipinski definition) is 6. The van der Waals surface area contributed by atoms with Crippen molar-refractivity contribution < 1.29 is 4.79 Å². The summed E-state index contributed by atoms with van der Waals surface area (Å²) in [4.78, 5) is 40.1. The Morgan fingerprint density at radius 1 is 1.29 bits per heavy atom. The van der Waals surface area contributed by atoms with E-state index in [0.717, 1.165) is 18.1 Å². The maximum absolute atomic E-state index is 12.6. The highest BCUT2D eigenvalue weighted by Crippen LogP contribution is 2.17. The summed E-state index contributed by atoms with van der Waals surface area (Å²) in [5.74, 6) is 0.138. The van der Waals surface area contributed by atoms with Crippen molar-refractivity contribution in [3.63, 3.8) is 0 Å². The Labute approximate surface area is 144 Å². The van der Waals surface area contributed by atoms with E-state index in [1.54, 1.807) is 4.90 Å². The number of nitrogens with zero attached hydrogens (tertiary/aromatic N) is 4. The van der Waals surface area contributed by atoms with E-state index in [1.807, 2.05) is 12.3 Å². The molecule has 8 heteroatoms. The van der Waals surface area contributed by atoms with E-state index < -0.39 is 5.56 Å². The second-order valence-corrected chi connectivity index (χ2v) is 7.21. The van der Waals surface area contributed by atoms with E-state index in [0.29, 0.717) is 30.6 Å². The lowest BCUT2D eigenvalue weighted by Gasteiger charge is -2.36. The molecule has 1 fully saturated rings. The van der Waals surface area contributed by atoms with Crippen LogP contribution in [0.3, 0.4) is 0 Å². The molecule has 0 aromatic carbocycles. The van der Waals surface area contributed by atoms with Crippen molar-refractivity contribution in [3.8, 4) is 11.5 Å². The molecule has 1 aliphatic heterocycles. The highest BCUT2D eigenvalue weighted by molar-refractivity contribution is 7.09. The lowest BCUT2D eigenvalue weighted by atomic mass is 10.2. The van der Waals surface area contributed by atoms with Crippen LogP contribution in [0.5, 0.6) is 0 Å². The van der Waals surface area contributed by atoms with Gasteiger partial charge in [-0.1, -0.05) is 0 Å². The zero-order valence-electron chi connectivity index (χ0n) is 14.1. The third-order valence-corrected chi connectivity index (χ3v) is 5.00. The van der Waals surface area contributed by atoms with Gasteiger partial charge in [0, 0.05) is 43.8 Å². The molecule has 1 saturated heterocycles. The van der Waals surface area contributed by atoms with Crippen LogP contribution in [-0.2, 0) is 0 Å². The molecule has 0 aliphatic carbocycles. The van der Waals surface area contributed by atoms with Crippen molar-refractivity contribution in [1.29, 1.82) is 0 Å². The summed E-state index contributed by atoms with van der Waals surface area (Å²) >= 11 is 1.49. The van der Waals surface area contributed by atoms with Crippen LogP contribution in [0.15, 0.2) is 16.4 Å². The molecule has 0 bridgehead atoms. The summed E-state index contributed by atoms with van der Waals surface area (Å²) in [7, 11) is 0. The average molecular weight is 347 g/mol. The van der Waals surface area contributed by atoms with Crippen LogP contribution in [0.4, 0.5) is 0 Å². The molecule has 1 amide bonds. The van der Waals surface area contributed by atoms with Crippen molar-refractivity contribution >= 4 is 17.2 Å². The number of aromatic nitrogens is 3. The normalized spacial score (nSPS) is 15.9. The smallest absolute Gasteiger partial charge is 0.264 e. The molecular formula is C16H21N5O2S. The second kappa shape index (κ2) is 6.82. The van der Waals surface area contributed by atoms with E-state index >= 15 is 0 Å². The van der Waals surface area contributed by atoms with Crippen LogP contribution in [0, 0.1) is 6.92 Å². The van der Waals surface area contributed by atoms with Gasteiger partial charge in [0.25, 0.3) is 11.5 Å². The molecule has 1 N–H and O–H groups in total. The van der Waals surface area contributed by atoms with Crippen molar-refractivity contribution in [1.82, 2.24) is 24.8 Å². The lowest BCUT2D eigenvalue weighted by Crippen LogP contribution is -2.51. The molecule has 0 spiro atoms. The number of piperazine rings is 1. The fourth-order valence-electron chi connectivity index (χ4n) is 2.76. The van der Waals surface area contributed by atoms with Crippen LogP contribution >= 0.6 is 11.3 Å². The summed E-state index contributed by atoms with van der Waals surface area (Å²) in [5.41, 5.74) is 0.296. The maximum atomic E-state index is 12.6. The average Bonchev–Trinajstić information content (AvgIpc) is 3.01. The second-order valence-electron chi connectivity index (χ2n) is 6.15. The summed E-state index contributed by atoms with van der Waals surface area (Å²) in [6.07, 6.45) is 1.36. The van der Waals surface area contributed by atoms with E-state index in [1.165, 1.54) is 17.5 Å². The number of amides is 1. The molecule has 3 rings (SSSR count). The maximum Gasteiger partial charge on any atom is 0.264 e. The van der Waals surface area contributed by atoms with Crippen molar-refractivity contribution in [2.75, 3.05) is 26.2 Å². The molecule has 7 nitrogen and oxygen atoms in total. The number of aryl methyl sites for hydroxylation is 1. The minimum Gasteiger partial charge on any atom is -0.336 e. The highest BCUT2D eigenvalue weighted by Gasteiger charge is 2.25. The highest BCUT2D eigenvalue weighted by atomic mass is 32.1. The fraction of sp³-hybridized carbons (Fsp3) is 0.500. The quantitative estimate of drug-likeness (QED) is 0.907. The largest absolute Gasteiger partial charge is 0.336 e. The first-order chi connectivity index (χ1) is 11.5.